The summed E-state index contributed by atoms with van der Waals surface area (Å²) >= 11 is 0. The minimum atomic E-state index is -0.872. The Morgan fingerprint density at radius 1 is 1.45 bits per heavy atom. The zero-order valence-corrected chi connectivity index (χ0v) is 12.1. The van der Waals surface area contributed by atoms with Crippen molar-refractivity contribution in [3.8, 4) is 0 Å². The van der Waals surface area contributed by atoms with Gasteiger partial charge in [-0.1, -0.05) is 5.21 Å². The molecule has 0 saturated heterocycles. The van der Waals surface area contributed by atoms with E-state index in [4.69, 9.17) is 4.42 Å². The van der Waals surface area contributed by atoms with Gasteiger partial charge in [0.15, 0.2) is 0 Å². The summed E-state index contributed by atoms with van der Waals surface area (Å²) in [5.41, 5.74) is 2.03. The third-order valence-corrected chi connectivity index (χ3v) is 3.40. The quantitative estimate of drug-likeness (QED) is 0.745. The second-order valence-electron chi connectivity index (χ2n) is 4.85. The summed E-state index contributed by atoms with van der Waals surface area (Å²) < 4.78 is 6.85. The molecule has 0 radical (unpaired) electrons. The van der Waals surface area contributed by atoms with E-state index >= 15 is 0 Å². The molecule has 7 nitrogen and oxygen atoms in total. The fourth-order valence-corrected chi connectivity index (χ4v) is 2.22. The van der Waals surface area contributed by atoms with E-state index in [0.29, 0.717) is 16.8 Å². The van der Waals surface area contributed by atoms with Crippen LogP contribution in [0.3, 0.4) is 0 Å². The number of benzene rings is 1. The van der Waals surface area contributed by atoms with Crippen LogP contribution in [0, 0.1) is 0 Å². The van der Waals surface area contributed by atoms with Gasteiger partial charge in [0.25, 0.3) is 5.91 Å². The normalized spacial score (nSPS) is 12.5. The molecule has 1 unspecified atom stereocenters. The second kappa shape index (κ2) is 5.98. The Morgan fingerprint density at radius 3 is 3.05 bits per heavy atom. The van der Waals surface area contributed by atoms with Gasteiger partial charge in [-0.15, -0.1) is 5.10 Å². The molecule has 0 aliphatic heterocycles. The summed E-state index contributed by atoms with van der Waals surface area (Å²) in [5, 5.41) is 20.6. The van der Waals surface area contributed by atoms with Crippen LogP contribution in [-0.4, -0.2) is 32.6 Å². The molecule has 0 aliphatic carbocycles. The van der Waals surface area contributed by atoms with Crippen LogP contribution in [-0.2, 0) is 6.54 Å². The van der Waals surface area contributed by atoms with E-state index in [1.807, 2.05) is 13.0 Å². The molecule has 3 aromatic rings. The van der Waals surface area contributed by atoms with Gasteiger partial charge >= 0.3 is 0 Å². The largest absolute Gasteiger partial charge is 0.467 e. The highest BCUT2D eigenvalue weighted by Crippen LogP contribution is 2.15. The number of aliphatic hydroxyl groups excluding tert-OH is 1. The standard InChI is InChI=1S/C15H16N4O3/c1-2-19-12-6-5-10(8-11(12)17-18-19)15(21)16-9-13(20)14-4-3-7-22-14/h3-8,13,20H,2,9H2,1H3,(H,16,21). The van der Waals surface area contributed by atoms with Gasteiger partial charge in [0.2, 0.25) is 0 Å². The van der Waals surface area contributed by atoms with E-state index in [9.17, 15) is 9.90 Å². The smallest absolute Gasteiger partial charge is 0.251 e. The summed E-state index contributed by atoms with van der Waals surface area (Å²) in [5.74, 6) is 0.139. The molecule has 1 amide bonds. The van der Waals surface area contributed by atoms with Gasteiger partial charge in [0.1, 0.15) is 17.4 Å². The molecule has 0 saturated carbocycles. The SMILES string of the molecule is CCn1nnc2cc(C(=O)NCC(O)c3ccco3)ccc21. The van der Waals surface area contributed by atoms with Crippen LogP contribution in [0.15, 0.2) is 41.0 Å². The maximum absolute atomic E-state index is 12.1. The number of nitrogens with one attached hydrogen (secondary N) is 1. The molecule has 1 atom stereocenters. The Bertz CT molecular complexity index is 779. The summed E-state index contributed by atoms with van der Waals surface area (Å²) in [6, 6.07) is 8.56. The lowest BCUT2D eigenvalue weighted by Gasteiger charge is -2.09. The topological polar surface area (TPSA) is 93.2 Å². The van der Waals surface area contributed by atoms with Gasteiger partial charge < -0.3 is 14.8 Å². The molecule has 3 rings (SSSR count). The number of hydrogen-bond donors (Lipinski definition) is 2. The minimum Gasteiger partial charge on any atom is -0.467 e. The molecule has 22 heavy (non-hydrogen) atoms. The van der Waals surface area contributed by atoms with Gasteiger partial charge in [0.05, 0.1) is 18.3 Å². The van der Waals surface area contributed by atoms with Gasteiger partial charge in [-0.3, -0.25) is 4.79 Å². The van der Waals surface area contributed by atoms with E-state index < -0.39 is 6.10 Å². The van der Waals surface area contributed by atoms with Crippen molar-refractivity contribution in [2.75, 3.05) is 6.54 Å². The molecular weight excluding hydrogens is 284 g/mol. The van der Waals surface area contributed by atoms with Crippen LogP contribution in [0.2, 0.25) is 0 Å². The zero-order valence-electron chi connectivity index (χ0n) is 12.1. The van der Waals surface area contributed by atoms with Crippen LogP contribution >= 0.6 is 0 Å². The first-order chi connectivity index (χ1) is 10.7. The maximum Gasteiger partial charge on any atom is 0.251 e. The van der Waals surface area contributed by atoms with E-state index in [1.165, 1.54) is 6.26 Å². The first kappa shape index (κ1) is 14.3. The monoisotopic (exact) mass is 300 g/mol. The molecule has 7 heteroatoms. The summed E-state index contributed by atoms with van der Waals surface area (Å²) in [4.78, 5) is 12.1. The number of fused-ring (bicyclic) bond motifs is 1. The van der Waals surface area contributed by atoms with E-state index in [2.05, 4.69) is 15.6 Å². The average molecular weight is 300 g/mol. The molecule has 1 aromatic carbocycles. The van der Waals surface area contributed by atoms with E-state index in [0.717, 1.165) is 12.1 Å². The highest BCUT2D eigenvalue weighted by atomic mass is 16.4. The third kappa shape index (κ3) is 2.71. The molecule has 0 spiro atoms. The maximum atomic E-state index is 12.1. The van der Waals surface area contributed by atoms with Crippen molar-refractivity contribution in [1.82, 2.24) is 20.3 Å². The van der Waals surface area contributed by atoms with Gasteiger partial charge in [0, 0.05) is 12.1 Å². The number of carbonyl (C=O) groups excluding carboxylic acids is 1. The van der Waals surface area contributed by atoms with Crippen molar-refractivity contribution < 1.29 is 14.3 Å². The molecule has 0 aliphatic rings. The third-order valence-electron chi connectivity index (χ3n) is 3.40. The molecule has 0 bridgehead atoms. The fourth-order valence-electron chi connectivity index (χ4n) is 2.22. The highest BCUT2D eigenvalue weighted by Gasteiger charge is 2.14. The number of furan rings is 1. The van der Waals surface area contributed by atoms with Gasteiger partial charge in [-0.05, 0) is 37.3 Å². The van der Waals surface area contributed by atoms with Crippen molar-refractivity contribution in [3.05, 3.63) is 47.9 Å². The van der Waals surface area contributed by atoms with Crippen LogP contribution in [0.1, 0.15) is 29.1 Å². The lowest BCUT2D eigenvalue weighted by molar-refractivity contribution is 0.0901. The van der Waals surface area contributed by atoms with E-state index in [-0.39, 0.29) is 12.5 Å². The first-order valence-corrected chi connectivity index (χ1v) is 7.02. The van der Waals surface area contributed by atoms with Crippen molar-refractivity contribution in [3.63, 3.8) is 0 Å². The number of amides is 1. The van der Waals surface area contributed by atoms with Gasteiger partial charge in [-0.2, -0.15) is 0 Å². The number of carbonyl (C=O) groups is 1. The minimum absolute atomic E-state index is 0.0754. The second-order valence-corrected chi connectivity index (χ2v) is 4.85. The molecule has 0 fully saturated rings. The first-order valence-electron chi connectivity index (χ1n) is 7.02. The molecular formula is C15H16N4O3. The fraction of sp³-hybridized carbons (Fsp3) is 0.267. The number of hydrogen-bond acceptors (Lipinski definition) is 5. The predicted octanol–water partition coefficient (Wildman–Crippen LogP) is 1.51. The Morgan fingerprint density at radius 2 is 2.32 bits per heavy atom. The van der Waals surface area contributed by atoms with Crippen LogP contribution in [0.25, 0.3) is 11.0 Å². The Labute approximate surface area is 126 Å². The number of aryl methyl sites for hydroxylation is 1. The summed E-state index contributed by atoms with van der Waals surface area (Å²) in [6.07, 6.45) is 0.606. The van der Waals surface area contributed by atoms with Crippen LogP contribution in [0.5, 0.6) is 0 Å². The summed E-state index contributed by atoms with van der Waals surface area (Å²) in [6.45, 7) is 2.77. The molecule has 114 valence electrons. The zero-order chi connectivity index (χ0) is 15.5. The molecule has 2 N–H and O–H groups in total. The van der Waals surface area contributed by atoms with Crippen molar-refractivity contribution in [2.45, 2.75) is 19.6 Å². The lowest BCUT2D eigenvalue weighted by atomic mass is 10.2. The number of aliphatic hydroxyl groups is 1. The summed E-state index contributed by atoms with van der Waals surface area (Å²) in [7, 11) is 0. The highest BCUT2D eigenvalue weighted by molar-refractivity contribution is 5.97. The van der Waals surface area contributed by atoms with Crippen LogP contribution in [0.4, 0.5) is 0 Å². The van der Waals surface area contributed by atoms with Crippen LogP contribution < -0.4 is 5.32 Å². The van der Waals surface area contributed by atoms with Crippen molar-refractivity contribution >= 4 is 16.9 Å². The number of aromatic nitrogens is 3. The number of nitrogens with zero attached hydrogens (tertiary/aromatic N) is 3. The van der Waals surface area contributed by atoms with Crippen molar-refractivity contribution in [2.24, 2.45) is 0 Å². The van der Waals surface area contributed by atoms with Crippen molar-refractivity contribution in [1.29, 1.82) is 0 Å². The Balaban J connectivity index is 1.69. The lowest BCUT2D eigenvalue weighted by Crippen LogP contribution is -2.28. The molecule has 2 heterocycles. The van der Waals surface area contributed by atoms with E-state index in [1.54, 1.807) is 28.9 Å². The predicted molar refractivity (Wildman–Crippen MR) is 79.2 cm³/mol. The number of rotatable bonds is 5. The van der Waals surface area contributed by atoms with Gasteiger partial charge in [-0.25, -0.2) is 4.68 Å². The Kier molecular flexibility index (Phi) is 3.88. The molecule has 2 aromatic heterocycles. The average Bonchev–Trinajstić information content (AvgIpc) is 3.20. The Hall–Kier alpha value is -2.67.